The van der Waals surface area contributed by atoms with Gasteiger partial charge in [-0.05, 0) is 36.4 Å². The van der Waals surface area contributed by atoms with Crippen molar-refractivity contribution in [3.63, 3.8) is 0 Å². The lowest BCUT2D eigenvalue weighted by atomic mass is 10.3. The van der Waals surface area contributed by atoms with Gasteiger partial charge in [-0.3, -0.25) is 9.69 Å². The first-order chi connectivity index (χ1) is 13.5. The summed E-state index contributed by atoms with van der Waals surface area (Å²) in [5.74, 6) is -0.0211. The molecule has 9 heteroatoms. The van der Waals surface area contributed by atoms with Crippen LogP contribution in [0.3, 0.4) is 0 Å². The smallest absolute Gasteiger partial charge is 0.314 e. The van der Waals surface area contributed by atoms with Crippen LogP contribution in [-0.2, 0) is 17.9 Å². The first-order valence-electron chi connectivity index (χ1n) is 8.53. The van der Waals surface area contributed by atoms with E-state index < -0.39 is 11.7 Å². The third-order valence-corrected chi connectivity index (χ3v) is 4.82. The normalized spacial score (nSPS) is 12.9. The van der Waals surface area contributed by atoms with Crippen LogP contribution >= 0.6 is 11.6 Å². The van der Waals surface area contributed by atoms with Crippen LogP contribution in [0.25, 0.3) is 0 Å². The van der Waals surface area contributed by atoms with E-state index in [2.05, 4.69) is 5.10 Å². The van der Waals surface area contributed by atoms with Crippen molar-refractivity contribution in [3.05, 3.63) is 75.9 Å². The van der Waals surface area contributed by atoms with E-state index in [1.165, 1.54) is 9.80 Å². The van der Waals surface area contributed by atoms with E-state index in [0.717, 1.165) is 9.25 Å². The molecule has 142 valence electrons. The fraction of sp³-hybridized carbons (Fsp3) is 0.158. The molecular weight excluding hydrogens is 382 g/mol. The number of hydrogen-bond acceptors (Lipinski definition) is 4. The van der Waals surface area contributed by atoms with E-state index >= 15 is 0 Å². The van der Waals surface area contributed by atoms with Crippen LogP contribution in [0, 0.1) is 0 Å². The molecule has 4 rings (SSSR count). The molecule has 1 aromatic heterocycles. The second-order valence-electron chi connectivity index (χ2n) is 6.33. The number of rotatable bonds is 4. The van der Waals surface area contributed by atoms with Gasteiger partial charge in [0, 0.05) is 23.4 Å². The number of nitrogens with zero attached hydrogens (tertiary/aromatic N) is 5. The summed E-state index contributed by atoms with van der Waals surface area (Å²) < 4.78 is 2.01. The molecule has 0 aliphatic carbocycles. The average molecular weight is 398 g/mol. The molecule has 2 heterocycles. The fourth-order valence-corrected chi connectivity index (χ4v) is 3.16. The Morgan fingerprint density at radius 1 is 1.11 bits per heavy atom. The molecule has 0 atom stereocenters. The summed E-state index contributed by atoms with van der Waals surface area (Å²) in [7, 11) is 1.62. The molecule has 28 heavy (non-hydrogen) atoms. The summed E-state index contributed by atoms with van der Waals surface area (Å²) >= 11 is 5.88. The molecule has 0 saturated heterocycles. The maximum Gasteiger partial charge on any atom is 0.354 e. The fourth-order valence-electron chi connectivity index (χ4n) is 3.03. The van der Waals surface area contributed by atoms with Crippen molar-refractivity contribution in [3.8, 4) is 0 Å². The molecule has 0 N–H and O–H groups in total. The van der Waals surface area contributed by atoms with Crippen molar-refractivity contribution in [2.24, 2.45) is 0 Å². The predicted molar refractivity (Wildman–Crippen MR) is 105 cm³/mol. The Hall–Kier alpha value is -3.39. The maximum absolute atomic E-state index is 12.7. The number of aromatic nitrogens is 3. The molecule has 1 aliphatic rings. The van der Waals surface area contributed by atoms with Crippen LogP contribution in [0.1, 0.15) is 5.82 Å². The van der Waals surface area contributed by atoms with Gasteiger partial charge in [0.15, 0.2) is 5.82 Å². The number of carbonyl (C=O) groups is 2. The van der Waals surface area contributed by atoms with E-state index in [0.29, 0.717) is 22.2 Å². The summed E-state index contributed by atoms with van der Waals surface area (Å²) in [6.45, 7) is -0.107. The molecule has 2 aromatic carbocycles. The number of hydrogen-bond donors (Lipinski definition) is 0. The minimum absolute atomic E-state index is 0.144. The third-order valence-electron chi connectivity index (χ3n) is 4.57. The van der Waals surface area contributed by atoms with Gasteiger partial charge in [0.25, 0.3) is 0 Å². The molecule has 3 aromatic rings. The molecule has 0 radical (unpaired) electrons. The van der Waals surface area contributed by atoms with Crippen molar-refractivity contribution < 1.29 is 9.59 Å². The van der Waals surface area contributed by atoms with Gasteiger partial charge >= 0.3 is 11.7 Å². The van der Waals surface area contributed by atoms with Crippen LogP contribution in [0.2, 0.25) is 5.02 Å². The standard InChI is InChI=1S/C19H16ClN5O3/c1-22(14-5-3-2-4-6-14)17(26)12-24-19(28)25-16(21-24)11-23(18(25)27)15-9-7-13(20)8-10-15/h2-10H,11-12H2,1H3. The number of benzene rings is 2. The Kier molecular flexibility index (Phi) is 4.48. The quantitative estimate of drug-likeness (QED) is 0.676. The van der Waals surface area contributed by atoms with Crippen LogP contribution in [0.5, 0.6) is 0 Å². The Morgan fingerprint density at radius 3 is 2.43 bits per heavy atom. The van der Waals surface area contributed by atoms with Gasteiger partial charge in [0.2, 0.25) is 5.91 Å². The monoisotopic (exact) mass is 397 g/mol. The lowest BCUT2D eigenvalue weighted by Gasteiger charge is -2.17. The maximum atomic E-state index is 12.7. The number of fused-ring (bicyclic) bond motifs is 1. The molecule has 0 saturated carbocycles. The third kappa shape index (κ3) is 3.07. The highest BCUT2D eigenvalue weighted by molar-refractivity contribution is 6.30. The van der Waals surface area contributed by atoms with Gasteiger partial charge in [-0.25, -0.2) is 14.3 Å². The average Bonchev–Trinajstić information content (AvgIpc) is 3.19. The van der Waals surface area contributed by atoms with E-state index in [4.69, 9.17) is 11.6 Å². The van der Waals surface area contributed by atoms with Crippen LogP contribution in [0.4, 0.5) is 16.2 Å². The number of likely N-dealkylation sites (N-methyl/N-ethyl adjacent to an activating group) is 1. The molecule has 8 nitrogen and oxygen atoms in total. The topological polar surface area (TPSA) is 80.4 Å². The minimum Gasteiger partial charge on any atom is -0.314 e. The highest BCUT2D eigenvalue weighted by Gasteiger charge is 2.33. The number of amides is 2. The van der Waals surface area contributed by atoms with Crippen molar-refractivity contribution in [1.82, 2.24) is 14.3 Å². The van der Waals surface area contributed by atoms with Crippen LogP contribution in [0.15, 0.2) is 59.4 Å². The molecular formula is C19H16ClN5O3. The first-order valence-corrected chi connectivity index (χ1v) is 8.91. The van der Waals surface area contributed by atoms with Gasteiger partial charge in [0.1, 0.15) is 6.54 Å². The van der Waals surface area contributed by atoms with Crippen LogP contribution in [-0.4, -0.2) is 33.3 Å². The molecule has 2 amide bonds. The second kappa shape index (κ2) is 6.97. The number of halogens is 1. The summed E-state index contributed by atoms with van der Waals surface area (Å²) in [6.07, 6.45) is 0. The van der Waals surface area contributed by atoms with Crippen molar-refractivity contribution >= 4 is 34.9 Å². The Bertz CT molecular complexity index is 1100. The van der Waals surface area contributed by atoms with Gasteiger partial charge in [-0.1, -0.05) is 29.8 Å². The summed E-state index contributed by atoms with van der Waals surface area (Å²) in [5, 5.41) is 4.73. The van der Waals surface area contributed by atoms with Crippen LogP contribution < -0.4 is 15.5 Å². The van der Waals surface area contributed by atoms with Crippen molar-refractivity contribution in [2.75, 3.05) is 16.8 Å². The summed E-state index contributed by atoms with van der Waals surface area (Å²) in [6, 6.07) is 15.3. The Labute approximate surface area is 165 Å². The van der Waals surface area contributed by atoms with E-state index in [9.17, 15) is 14.4 Å². The van der Waals surface area contributed by atoms with Gasteiger partial charge in [0.05, 0.1) is 6.54 Å². The van der Waals surface area contributed by atoms with Crippen molar-refractivity contribution in [2.45, 2.75) is 13.1 Å². The van der Waals surface area contributed by atoms with E-state index in [1.54, 1.807) is 43.4 Å². The molecule has 0 bridgehead atoms. The SMILES string of the molecule is CN(C(=O)Cn1nc2n(c1=O)C(=O)N(c1ccc(Cl)cc1)C2)c1ccccc1. The zero-order valence-corrected chi connectivity index (χ0v) is 15.7. The lowest BCUT2D eigenvalue weighted by molar-refractivity contribution is -0.119. The Balaban J connectivity index is 1.55. The van der Waals surface area contributed by atoms with Gasteiger partial charge in [-0.2, -0.15) is 9.67 Å². The molecule has 0 spiro atoms. The number of carbonyl (C=O) groups excluding carboxylic acids is 2. The predicted octanol–water partition coefficient (Wildman–Crippen LogP) is 2.35. The first kappa shape index (κ1) is 18.0. The largest absolute Gasteiger partial charge is 0.354 e. The van der Waals surface area contributed by atoms with E-state index in [1.807, 2.05) is 18.2 Å². The molecule has 0 unspecified atom stereocenters. The zero-order chi connectivity index (χ0) is 19.8. The summed E-state index contributed by atoms with van der Waals surface area (Å²) in [5.41, 5.74) is 0.689. The lowest BCUT2D eigenvalue weighted by Crippen LogP contribution is -2.38. The van der Waals surface area contributed by atoms with Gasteiger partial charge in [-0.15, -0.1) is 0 Å². The minimum atomic E-state index is -0.633. The highest BCUT2D eigenvalue weighted by atomic mass is 35.5. The molecule has 0 fully saturated rings. The highest BCUT2D eigenvalue weighted by Crippen LogP contribution is 2.24. The number of anilines is 2. The summed E-state index contributed by atoms with van der Waals surface area (Å²) in [4.78, 5) is 40.7. The second-order valence-corrected chi connectivity index (χ2v) is 6.76. The molecule has 1 aliphatic heterocycles. The number of para-hydroxylation sites is 1. The van der Waals surface area contributed by atoms with Crippen molar-refractivity contribution in [1.29, 1.82) is 0 Å². The Morgan fingerprint density at radius 2 is 1.79 bits per heavy atom. The van der Waals surface area contributed by atoms with Gasteiger partial charge < -0.3 is 4.90 Å². The zero-order valence-electron chi connectivity index (χ0n) is 14.9. The van der Waals surface area contributed by atoms with E-state index in [-0.39, 0.29) is 19.0 Å².